The predicted octanol–water partition coefficient (Wildman–Crippen LogP) is 4.12. The number of nitrogens with zero attached hydrogens (tertiary/aromatic N) is 2. The van der Waals surface area contributed by atoms with Gasteiger partial charge < -0.3 is 5.11 Å². The second-order valence-electron chi connectivity index (χ2n) is 4.62. The van der Waals surface area contributed by atoms with Gasteiger partial charge in [0.15, 0.2) is 0 Å². The smallest absolute Gasteiger partial charge is 0.146 e. The molecule has 0 spiro atoms. The molecule has 3 aromatic rings. The molecule has 1 N–H and O–H groups in total. The van der Waals surface area contributed by atoms with Gasteiger partial charge in [-0.05, 0) is 58.6 Å². The molecule has 0 saturated heterocycles. The van der Waals surface area contributed by atoms with E-state index in [0.29, 0.717) is 11.0 Å². The third-order valence-corrected chi connectivity index (χ3v) is 3.91. The van der Waals surface area contributed by atoms with Crippen molar-refractivity contribution < 1.29 is 5.11 Å². The Bertz CT molecular complexity index is 799. The van der Waals surface area contributed by atoms with E-state index >= 15 is 0 Å². The van der Waals surface area contributed by atoms with Crippen LogP contribution in [0.1, 0.15) is 18.1 Å². The average molecular weight is 317 g/mol. The van der Waals surface area contributed by atoms with Crippen LogP contribution in [0.2, 0.25) is 0 Å². The minimum absolute atomic E-state index is 0.201. The van der Waals surface area contributed by atoms with Crippen molar-refractivity contribution in [2.24, 2.45) is 0 Å². The van der Waals surface area contributed by atoms with Gasteiger partial charge in [-0.2, -0.15) is 0 Å². The van der Waals surface area contributed by atoms with Crippen molar-refractivity contribution in [3.63, 3.8) is 0 Å². The zero-order valence-corrected chi connectivity index (χ0v) is 12.3. The van der Waals surface area contributed by atoms with Crippen LogP contribution in [0.4, 0.5) is 0 Å². The molecule has 0 saturated carbocycles. The lowest BCUT2D eigenvalue weighted by Gasteiger charge is -2.08. The highest BCUT2D eigenvalue weighted by Gasteiger charge is 2.11. The summed E-state index contributed by atoms with van der Waals surface area (Å²) >= 11 is 3.49. The molecule has 96 valence electrons. The number of hydrogen-bond acceptors (Lipinski definition) is 3. The van der Waals surface area contributed by atoms with Gasteiger partial charge >= 0.3 is 0 Å². The van der Waals surface area contributed by atoms with Gasteiger partial charge in [-0.15, -0.1) is 0 Å². The Hall–Kier alpha value is -1.68. The molecule has 4 heteroatoms. The molecule has 0 radical (unpaired) electrons. The lowest BCUT2D eigenvalue weighted by Crippen LogP contribution is -1.92. The molecule has 0 aliphatic carbocycles. The Balaban J connectivity index is 2.44. The van der Waals surface area contributed by atoms with E-state index in [9.17, 15) is 5.11 Å². The molecular weight excluding hydrogens is 304 g/mol. The Morgan fingerprint density at radius 2 is 1.84 bits per heavy atom. The lowest BCUT2D eigenvalue weighted by molar-refractivity contribution is 0.476. The summed E-state index contributed by atoms with van der Waals surface area (Å²) in [5.74, 6) is 0.201. The van der Waals surface area contributed by atoms with Gasteiger partial charge in [0.2, 0.25) is 0 Å². The maximum Gasteiger partial charge on any atom is 0.146 e. The number of fused-ring (bicyclic) bond motifs is 2. The highest BCUT2D eigenvalue weighted by atomic mass is 79.9. The molecule has 0 aliphatic rings. The fourth-order valence-electron chi connectivity index (χ4n) is 2.17. The first-order chi connectivity index (χ1) is 9.10. The number of rotatable bonds is 1. The minimum Gasteiger partial charge on any atom is -0.505 e. The van der Waals surface area contributed by atoms with Crippen molar-refractivity contribution in [2.75, 3.05) is 0 Å². The number of benzene rings is 2. The van der Waals surface area contributed by atoms with E-state index in [-0.39, 0.29) is 5.75 Å². The van der Waals surface area contributed by atoms with Crippen LogP contribution in [0.3, 0.4) is 0 Å². The number of aromatic nitrogens is 2. The molecule has 0 aliphatic heterocycles. The second-order valence-corrected chi connectivity index (χ2v) is 5.48. The van der Waals surface area contributed by atoms with Crippen molar-refractivity contribution in [1.29, 1.82) is 0 Å². The van der Waals surface area contributed by atoms with Crippen molar-refractivity contribution in [2.45, 2.75) is 20.3 Å². The van der Waals surface area contributed by atoms with E-state index in [1.165, 1.54) is 5.56 Å². The summed E-state index contributed by atoms with van der Waals surface area (Å²) in [5, 5.41) is 10.1. The molecule has 0 atom stereocenters. The van der Waals surface area contributed by atoms with E-state index in [0.717, 1.165) is 27.5 Å². The minimum atomic E-state index is 0.201. The monoisotopic (exact) mass is 316 g/mol. The van der Waals surface area contributed by atoms with Crippen molar-refractivity contribution in [3.05, 3.63) is 39.9 Å². The van der Waals surface area contributed by atoms with Gasteiger partial charge in [0.05, 0.1) is 11.0 Å². The molecule has 3 nitrogen and oxygen atoms in total. The van der Waals surface area contributed by atoms with Crippen LogP contribution in [0.15, 0.2) is 28.7 Å². The van der Waals surface area contributed by atoms with Gasteiger partial charge in [0.1, 0.15) is 16.8 Å². The Labute approximate surface area is 119 Å². The summed E-state index contributed by atoms with van der Waals surface area (Å²) in [6.45, 7) is 3.96. The normalized spacial score (nSPS) is 11.3. The van der Waals surface area contributed by atoms with Gasteiger partial charge in [0, 0.05) is 4.47 Å². The Kier molecular flexibility index (Phi) is 2.90. The zero-order chi connectivity index (χ0) is 13.6. The molecule has 0 amide bonds. The summed E-state index contributed by atoms with van der Waals surface area (Å²) in [7, 11) is 0. The first-order valence-electron chi connectivity index (χ1n) is 6.18. The molecular formula is C15H13BrN2O. The molecule has 2 aromatic carbocycles. The zero-order valence-electron chi connectivity index (χ0n) is 10.7. The van der Waals surface area contributed by atoms with Crippen molar-refractivity contribution in [1.82, 2.24) is 9.97 Å². The standard InChI is InChI=1S/C15H13BrN2O/c1-3-9-4-5-11-12(7-9)18-13-10(16)6-8(2)15(19)14(13)17-11/h4-7,19H,3H2,1-2H3. The number of halogens is 1. The summed E-state index contributed by atoms with van der Waals surface area (Å²) in [6.07, 6.45) is 0.968. The van der Waals surface area contributed by atoms with Gasteiger partial charge in [-0.3, -0.25) is 0 Å². The molecule has 3 rings (SSSR count). The SMILES string of the molecule is CCc1ccc2nc3c(O)c(C)cc(Br)c3nc2c1. The first kappa shape index (κ1) is 12.4. The van der Waals surface area contributed by atoms with Crippen LogP contribution < -0.4 is 0 Å². The first-order valence-corrected chi connectivity index (χ1v) is 6.98. The highest BCUT2D eigenvalue weighted by molar-refractivity contribution is 9.10. The van der Waals surface area contributed by atoms with Crippen LogP contribution >= 0.6 is 15.9 Å². The largest absolute Gasteiger partial charge is 0.505 e. The third-order valence-electron chi connectivity index (χ3n) is 3.30. The molecule has 19 heavy (non-hydrogen) atoms. The van der Waals surface area contributed by atoms with E-state index < -0.39 is 0 Å². The summed E-state index contributed by atoms with van der Waals surface area (Å²) in [4.78, 5) is 9.15. The summed E-state index contributed by atoms with van der Waals surface area (Å²) in [5.41, 5.74) is 4.92. The number of phenols is 1. The molecule has 0 unspecified atom stereocenters. The summed E-state index contributed by atoms with van der Waals surface area (Å²) < 4.78 is 0.856. The Morgan fingerprint density at radius 1 is 1.11 bits per heavy atom. The highest BCUT2D eigenvalue weighted by Crippen LogP contribution is 2.33. The van der Waals surface area contributed by atoms with Gasteiger partial charge in [0.25, 0.3) is 0 Å². The van der Waals surface area contributed by atoms with E-state index in [2.05, 4.69) is 32.8 Å². The maximum atomic E-state index is 10.1. The Morgan fingerprint density at radius 3 is 2.58 bits per heavy atom. The predicted molar refractivity (Wildman–Crippen MR) is 80.5 cm³/mol. The fourth-order valence-corrected chi connectivity index (χ4v) is 2.78. The van der Waals surface area contributed by atoms with Crippen molar-refractivity contribution in [3.8, 4) is 5.75 Å². The maximum absolute atomic E-state index is 10.1. The quantitative estimate of drug-likeness (QED) is 0.687. The topological polar surface area (TPSA) is 46.0 Å². The van der Waals surface area contributed by atoms with Crippen LogP contribution in [-0.2, 0) is 6.42 Å². The molecule has 0 bridgehead atoms. The van der Waals surface area contributed by atoms with E-state index in [4.69, 9.17) is 0 Å². The number of phenolic OH excluding ortho intramolecular Hbond substituents is 1. The van der Waals surface area contributed by atoms with Gasteiger partial charge in [-0.25, -0.2) is 9.97 Å². The third kappa shape index (κ3) is 1.96. The molecule has 1 heterocycles. The lowest BCUT2D eigenvalue weighted by atomic mass is 10.1. The summed E-state index contributed by atoms with van der Waals surface area (Å²) in [6, 6.07) is 7.91. The fraction of sp³-hybridized carbons (Fsp3) is 0.200. The van der Waals surface area contributed by atoms with Gasteiger partial charge in [-0.1, -0.05) is 13.0 Å². The number of aromatic hydroxyl groups is 1. The second kappa shape index (κ2) is 4.46. The average Bonchev–Trinajstić information content (AvgIpc) is 2.42. The van der Waals surface area contributed by atoms with Crippen molar-refractivity contribution >= 4 is 38.0 Å². The van der Waals surface area contributed by atoms with E-state index in [1.807, 2.05) is 31.2 Å². The number of aryl methyl sites for hydroxylation is 2. The van der Waals surface area contributed by atoms with Crippen LogP contribution in [-0.4, -0.2) is 15.1 Å². The van der Waals surface area contributed by atoms with Crippen LogP contribution in [0.25, 0.3) is 22.1 Å². The van der Waals surface area contributed by atoms with E-state index in [1.54, 1.807) is 0 Å². The van der Waals surface area contributed by atoms with Crippen LogP contribution in [0, 0.1) is 6.92 Å². The van der Waals surface area contributed by atoms with Crippen LogP contribution in [0.5, 0.6) is 5.75 Å². The number of hydrogen-bond donors (Lipinski definition) is 1. The molecule has 1 aromatic heterocycles. The molecule has 0 fully saturated rings.